The summed E-state index contributed by atoms with van der Waals surface area (Å²) in [5.74, 6) is -1.04. The van der Waals surface area contributed by atoms with Crippen LogP contribution in [-0.2, 0) is 0 Å². The summed E-state index contributed by atoms with van der Waals surface area (Å²) in [6, 6.07) is 12.3. The van der Waals surface area contributed by atoms with E-state index in [1.807, 2.05) is 0 Å². The lowest BCUT2D eigenvalue weighted by molar-refractivity contribution is 0.0989. The number of oxime groups is 1. The molecule has 0 saturated carbocycles. The fourth-order valence-corrected chi connectivity index (χ4v) is 1.85. The van der Waals surface area contributed by atoms with Gasteiger partial charge in [-0.15, -0.1) is 0 Å². The van der Waals surface area contributed by atoms with E-state index in [2.05, 4.69) is 5.16 Å². The molecule has 0 saturated heterocycles. The van der Waals surface area contributed by atoms with Gasteiger partial charge in [-0.3, -0.25) is 4.79 Å². The zero-order chi connectivity index (χ0) is 15.4. The maximum atomic E-state index is 13.6. The third kappa shape index (κ3) is 3.00. The van der Waals surface area contributed by atoms with E-state index in [0.717, 1.165) is 0 Å². The predicted octanol–water partition coefficient (Wildman–Crippen LogP) is 2.20. The number of nitrogens with zero attached hydrogens (tertiary/aromatic N) is 2. The first-order valence-electron chi connectivity index (χ1n) is 6.15. The van der Waals surface area contributed by atoms with Crippen LogP contribution < -0.4 is 10.6 Å². The van der Waals surface area contributed by atoms with Gasteiger partial charge in [0.1, 0.15) is 5.82 Å². The Labute approximate surface area is 121 Å². The van der Waals surface area contributed by atoms with Gasteiger partial charge in [0.25, 0.3) is 5.91 Å². The van der Waals surface area contributed by atoms with Crippen molar-refractivity contribution in [2.45, 2.75) is 0 Å². The number of amidine groups is 1. The van der Waals surface area contributed by atoms with Crippen molar-refractivity contribution >= 4 is 17.4 Å². The fourth-order valence-electron chi connectivity index (χ4n) is 1.85. The van der Waals surface area contributed by atoms with Crippen LogP contribution in [0, 0.1) is 5.82 Å². The first-order valence-corrected chi connectivity index (χ1v) is 6.15. The van der Waals surface area contributed by atoms with Gasteiger partial charge in [0.2, 0.25) is 0 Å². The average Bonchev–Trinajstić information content (AvgIpc) is 2.53. The number of benzene rings is 2. The van der Waals surface area contributed by atoms with Gasteiger partial charge in [0.05, 0.1) is 5.56 Å². The SMILES string of the molecule is CN(C(=O)c1ccccc1F)c1ccc(C(N)=NO)cc1. The van der Waals surface area contributed by atoms with E-state index in [0.29, 0.717) is 11.3 Å². The second-order valence-electron chi connectivity index (χ2n) is 4.38. The molecule has 0 aromatic heterocycles. The molecule has 0 bridgehead atoms. The lowest BCUT2D eigenvalue weighted by atomic mass is 10.1. The number of hydrogen-bond acceptors (Lipinski definition) is 3. The Morgan fingerprint density at radius 2 is 1.81 bits per heavy atom. The molecular weight excluding hydrogens is 273 g/mol. The summed E-state index contributed by atoms with van der Waals surface area (Å²) in [7, 11) is 1.55. The van der Waals surface area contributed by atoms with Crippen molar-refractivity contribution in [1.29, 1.82) is 0 Å². The van der Waals surface area contributed by atoms with Crippen LogP contribution in [0.4, 0.5) is 10.1 Å². The van der Waals surface area contributed by atoms with E-state index < -0.39 is 11.7 Å². The van der Waals surface area contributed by atoms with Gasteiger partial charge >= 0.3 is 0 Å². The minimum Gasteiger partial charge on any atom is -0.409 e. The molecule has 108 valence electrons. The van der Waals surface area contributed by atoms with Crippen molar-refractivity contribution < 1.29 is 14.4 Å². The molecule has 2 aromatic carbocycles. The molecule has 1 amide bonds. The summed E-state index contributed by atoms with van der Waals surface area (Å²) in [6.45, 7) is 0. The molecule has 0 unspecified atom stereocenters. The Bertz CT molecular complexity index is 684. The third-order valence-electron chi connectivity index (χ3n) is 3.07. The van der Waals surface area contributed by atoms with Crippen molar-refractivity contribution in [2.75, 3.05) is 11.9 Å². The maximum Gasteiger partial charge on any atom is 0.260 e. The summed E-state index contributed by atoms with van der Waals surface area (Å²) in [5, 5.41) is 11.5. The second-order valence-corrected chi connectivity index (χ2v) is 4.38. The van der Waals surface area contributed by atoms with Crippen LogP contribution in [0.3, 0.4) is 0 Å². The van der Waals surface area contributed by atoms with Crippen molar-refractivity contribution in [2.24, 2.45) is 10.9 Å². The Kier molecular flexibility index (Phi) is 4.18. The molecule has 3 N–H and O–H groups in total. The Morgan fingerprint density at radius 1 is 1.19 bits per heavy atom. The highest BCUT2D eigenvalue weighted by molar-refractivity contribution is 6.06. The molecule has 0 heterocycles. The molecule has 0 spiro atoms. The van der Waals surface area contributed by atoms with Crippen LogP contribution in [0.15, 0.2) is 53.7 Å². The molecule has 2 aromatic rings. The van der Waals surface area contributed by atoms with Crippen molar-refractivity contribution in [3.05, 3.63) is 65.5 Å². The average molecular weight is 287 g/mol. The lowest BCUT2D eigenvalue weighted by Gasteiger charge is -2.18. The molecule has 0 aliphatic rings. The molecule has 0 fully saturated rings. The summed E-state index contributed by atoms with van der Waals surface area (Å²) in [5.41, 5.74) is 6.55. The van der Waals surface area contributed by atoms with E-state index >= 15 is 0 Å². The van der Waals surface area contributed by atoms with Gasteiger partial charge in [0.15, 0.2) is 5.84 Å². The van der Waals surface area contributed by atoms with E-state index in [9.17, 15) is 9.18 Å². The van der Waals surface area contributed by atoms with Crippen LogP contribution in [-0.4, -0.2) is 24.0 Å². The van der Waals surface area contributed by atoms with Gasteiger partial charge in [-0.2, -0.15) is 0 Å². The zero-order valence-corrected chi connectivity index (χ0v) is 11.3. The molecule has 0 atom stereocenters. The molecule has 6 heteroatoms. The van der Waals surface area contributed by atoms with Crippen LogP contribution >= 0.6 is 0 Å². The first kappa shape index (κ1) is 14.5. The van der Waals surface area contributed by atoms with Crippen molar-refractivity contribution in [1.82, 2.24) is 0 Å². The monoisotopic (exact) mass is 287 g/mol. The number of carbonyl (C=O) groups excluding carboxylic acids is 1. The normalized spacial score (nSPS) is 11.2. The van der Waals surface area contributed by atoms with Crippen LogP contribution in [0.1, 0.15) is 15.9 Å². The minimum absolute atomic E-state index is 0.000473. The molecule has 0 aliphatic carbocycles. The number of carbonyl (C=O) groups is 1. The smallest absolute Gasteiger partial charge is 0.260 e. The Hall–Kier alpha value is -2.89. The first-order chi connectivity index (χ1) is 10.0. The molecule has 21 heavy (non-hydrogen) atoms. The highest BCUT2D eigenvalue weighted by atomic mass is 19.1. The van der Waals surface area contributed by atoms with Crippen LogP contribution in [0.2, 0.25) is 0 Å². The van der Waals surface area contributed by atoms with E-state index in [-0.39, 0.29) is 11.4 Å². The quantitative estimate of drug-likeness (QED) is 0.393. The Balaban J connectivity index is 2.26. The molecule has 0 aliphatic heterocycles. The summed E-state index contributed by atoms with van der Waals surface area (Å²) in [4.78, 5) is 13.6. The van der Waals surface area contributed by atoms with Gasteiger partial charge in [-0.1, -0.05) is 17.3 Å². The maximum absolute atomic E-state index is 13.6. The number of nitrogens with two attached hydrogens (primary N) is 1. The Morgan fingerprint density at radius 3 is 2.38 bits per heavy atom. The summed E-state index contributed by atoms with van der Waals surface area (Å²) in [6.07, 6.45) is 0. The minimum atomic E-state index is -0.567. The van der Waals surface area contributed by atoms with Gasteiger partial charge < -0.3 is 15.8 Å². The molecule has 2 rings (SSSR count). The van der Waals surface area contributed by atoms with Gasteiger partial charge in [-0.05, 0) is 36.4 Å². The highest BCUT2D eigenvalue weighted by Crippen LogP contribution is 2.18. The van der Waals surface area contributed by atoms with Crippen molar-refractivity contribution in [3.8, 4) is 0 Å². The third-order valence-corrected chi connectivity index (χ3v) is 3.07. The number of hydrogen-bond donors (Lipinski definition) is 2. The second kappa shape index (κ2) is 6.04. The fraction of sp³-hybridized carbons (Fsp3) is 0.0667. The van der Waals surface area contributed by atoms with Crippen LogP contribution in [0.5, 0.6) is 0 Å². The summed E-state index contributed by atoms with van der Waals surface area (Å²) < 4.78 is 13.6. The number of amides is 1. The van der Waals surface area contributed by atoms with E-state index in [4.69, 9.17) is 10.9 Å². The van der Waals surface area contributed by atoms with Crippen LogP contribution in [0.25, 0.3) is 0 Å². The van der Waals surface area contributed by atoms with E-state index in [1.165, 1.54) is 23.1 Å². The van der Waals surface area contributed by atoms with Gasteiger partial charge in [-0.25, -0.2) is 4.39 Å². The van der Waals surface area contributed by atoms with Crippen molar-refractivity contribution in [3.63, 3.8) is 0 Å². The largest absolute Gasteiger partial charge is 0.409 e. The number of halogens is 1. The molecule has 5 nitrogen and oxygen atoms in total. The van der Waals surface area contributed by atoms with E-state index in [1.54, 1.807) is 37.4 Å². The molecule has 0 radical (unpaired) electrons. The highest BCUT2D eigenvalue weighted by Gasteiger charge is 2.17. The molecular formula is C15H14FN3O2. The predicted molar refractivity (Wildman–Crippen MR) is 78.1 cm³/mol. The number of rotatable bonds is 3. The lowest BCUT2D eigenvalue weighted by Crippen LogP contribution is -2.27. The summed E-state index contributed by atoms with van der Waals surface area (Å²) >= 11 is 0. The number of anilines is 1. The zero-order valence-electron chi connectivity index (χ0n) is 11.3. The van der Waals surface area contributed by atoms with Gasteiger partial charge in [0, 0.05) is 18.3 Å². The standard InChI is InChI=1S/C15H14FN3O2/c1-19(15(20)12-4-2-3-5-13(12)16)11-8-6-10(7-9-11)14(17)18-21/h2-9,21H,1H3,(H2,17,18). The topological polar surface area (TPSA) is 78.9 Å².